The summed E-state index contributed by atoms with van der Waals surface area (Å²) >= 11 is 0. The minimum Gasteiger partial charge on any atom is -0.489 e. The van der Waals surface area contributed by atoms with Crippen LogP contribution in [-0.2, 0) is 10.0 Å². The van der Waals surface area contributed by atoms with Crippen LogP contribution in [0.5, 0.6) is 5.75 Å². The van der Waals surface area contributed by atoms with Crippen LogP contribution in [-0.4, -0.2) is 37.8 Å². The van der Waals surface area contributed by atoms with Crippen molar-refractivity contribution in [2.75, 3.05) is 18.4 Å². The van der Waals surface area contributed by atoms with Crippen molar-refractivity contribution in [3.63, 3.8) is 0 Å². The monoisotopic (exact) mass is 452 g/mol. The van der Waals surface area contributed by atoms with Crippen LogP contribution in [0.1, 0.15) is 43.5 Å². The second-order valence-electron chi connectivity index (χ2n) is 8.31. The van der Waals surface area contributed by atoms with Crippen LogP contribution in [0, 0.1) is 0 Å². The first-order valence-corrected chi connectivity index (χ1v) is 12.4. The van der Waals surface area contributed by atoms with Crippen LogP contribution >= 0.6 is 0 Å². The molecule has 1 amide bonds. The maximum Gasteiger partial charge on any atom is 0.255 e. The minimum atomic E-state index is -3.63. The molecule has 0 atom stereocenters. The zero-order valence-electron chi connectivity index (χ0n) is 18.4. The van der Waals surface area contributed by atoms with E-state index in [1.54, 1.807) is 18.2 Å². The molecule has 1 aliphatic rings. The number of sulfonamides is 1. The van der Waals surface area contributed by atoms with Gasteiger partial charge < -0.3 is 10.1 Å². The molecule has 0 saturated carbocycles. The van der Waals surface area contributed by atoms with E-state index < -0.39 is 10.0 Å². The summed E-state index contributed by atoms with van der Waals surface area (Å²) in [6, 6.07) is 18.0. The molecule has 1 heterocycles. The van der Waals surface area contributed by atoms with E-state index in [1.165, 1.54) is 10.4 Å². The quantitative estimate of drug-likeness (QED) is 0.568. The van der Waals surface area contributed by atoms with E-state index in [0.29, 0.717) is 30.1 Å². The molecule has 4 rings (SSSR count). The highest BCUT2D eigenvalue weighted by atomic mass is 32.2. The molecule has 3 aromatic rings. The maximum absolute atomic E-state index is 13.1. The van der Waals surface area contributed by atoms with Crippen LogP contribution in [0.4, 0.5) is 5.69 Å². The van der Waals surface area contributed by atoms with Gasteiger partial charge in [0.2, 0.25) is 10.0 Å². The van der Waals surface area contributed by atoms with E-state index in [2.05, 4.69) is 5.32 Å². The molecular formula is C25H28N2O4S. The lowest BCUT2D eigenvalue weighted by Crippen LogP contribution is -2.35. The number of ether oxygens (including phenoxy) is 1. The molecule has 0 radical (unpaired) electrons. The fourth-order valence-corrected chi connectivity index (χ4v) is 5.45. The van der Waals surface area contributed by atoms with Gasteiger partial charge in [0.05, 0.1) is 16.7 Å². The predicted octanol–water partition coefficient (Wildman–Crippen LogP) is 5.05. The number of hydrogen-bond acceptors (Lipinski definition) is 4. The normalized spacial score (nSPS) is 15.1. The van der Waals surface area contributed by atoms with Crippen molar-refractivity contribution in [2.24, 2.45) is 0 Å². The molecule has 3 aromatic carbocycles. The van der Waals surface area contributed by atoms with Gasteiger partial charge in [-0.15, -0.1) is 0 Å². The molecule has 0 unspecified atom stereocenters. The van der Waals surface area contributed by atoms with Gasteiger partial charge in [-0.05, 0) is 67.8 Å². The minimum absolute atomic E-state index is 0.129. The van der Waals surface area contributed by atoms with Gasteiger partial charge in [0.25, 0.3) is 5.91 Å². The van der Waals surface area contributed by atoms with E-state index in [4.69, 9.17) is 4.74 Å². The Morgan fingerprint density at radius 1 is 0.938 bits per heavy atom. The lowest BCUT2D eigenvalue weighted by molar-refractivity contribution is 0.102. The van der Waals surface area contributed by atoms with Gasteiger partial charge in [0, 0.05) is 18.7 Å². The first-order chi connectivity index (χ1) is 15.3. The van der Waals surface area contributed by atoms with E-state index in [-0.39, 0.29) is 16.9 Å². The third-order valence-corrected chi connectivity index (χ3v) is 7.42. The molecule has 1 fully saturated rings. The standard InChI is InChI=1S/C25H28N2O4S/c1-18(2)31-24-13-12-22(32(29,30)27-14-6-3-7-15-27)17-23(24)26-25(28)21-11-10-19-8-4-5-9-20(19)16-21/h4-5,8-13,16-18H,3,6-7,14-15H2,1-2H3,(H,26,28). The topological polar surface area (TPSA) is 75.7 Å². The molecule has 168 valence electrons. The summed E-state index contributed by atoms with van der Waals surface area (Å²) in [6.07, 6.45) is 2.63. The summed E-state index contributed by atoms with van der Waals surface area (Å²) in [4.78, 5) is 13.2. The fraction of sp³-hybridized carbons (Fsp3) is 0.320. The number of piperidine rings is 1. The molecule has 0 aliphatic carbocycles. The number of rotatable bonds is 6. The number of nitrogens with zero attached hydrogens (tertiary/aromatic N) is 1. The number of carbonyl (C=O) groups is 1. The van der Waals surface area contributed by atoms with Gasteiger partial charge in [0.1, 0.15) is 5.75 Å². The Bertz CT molecular complexity index is 1230. The zero-order chi connectivity index (χ0) is 22.7. The number of amides is 1. The van der Waals surface area contributed by atoms with Gasteiger partial charge in [-0.3, -0.25) is 4.79 Å². The number of nitrogens with one attached hydrogen (secondary N) is 1. The Morgan fingerprint density at radius 2 is 1.66 bits per heavy atom. The van der Waals surface area contributed by atoms with Crippen LogP contribution in [0.15, 0.2) is 65.6 Å². The van der Waals surface area contributed by atoms with Gasteiger partial charge in [0.15, 0.2) is 0 Å². The third kappa shape index (κ3) is 4.79. The molecule has 0 aromatic heterocycles. The Kier molecular flexibility index (Phi) is 6.48. The van der Waals surface area contributed by atoms with Crippen LogP contribution in [0.2, 0.25) is 0 Å². The first-order valence-electron chi connectivity index (χ1n) is 11.0. The maximum atomic E-state index is 13.1. The Morgan fingerprint density at radius 3 is 2.38 bits per heavy atom. The van der Waals surface area contributed by atoms with Crippen molar-refractivity contribution in [3.05, 3.63) is 66.2 Å². The molecule has 1 aliphatic heterocycles. The van der Waals surface area contributed by atoms with Crippen molar-refractivity contribution < 1.29 is 17.9 Å². The van der Waals surface area contributed by atoms with Crippen LogP contribution in [0.25, 0.3) is 10.8 Å². The smallest absolute Gasteiger partial charge is 0.255 e. The SMILES string of the molecule is CC(C)Oc1ccc(S(=O)(=O)N2CCCCC2)cc1NC(=O)c1ccc2ccccc2c1. The van der Waals surface area contributed by atoms with Crippen molar-refractivity contribution in [1.29, 1.82) is 0 Å². The number of hydrogen-bond donors (Lipinski definition) is 1. The number of carbonyl (C=O) groups excluding carboxylic acids is 1. The molecule has 6 nitrogen and oxygen atoms in total. The van der Waals surface area contributed by atoms with Crippen molar-refractivity contribution >= 4 is 32.4 Å². The van der Waals surface area contributed by atoms with Gasteiger partial charge in [-0.25, -0.2) is 8.42 Å². The molecule has 32 heavy (non-hydrogen) atoms. The molecule has 7 heteroatoms. The summed E-state index contributed by atoms with van der Waals surface area (Å²) in [5.41, 5.74) is 0.832. The average Bonchev–Trinajstić information content (AvgIpc) is 2.80. The van der Waals surface area contributed by atoms with Crippen LogP contribution in [0.3, 0.4) is 0 Å². The highest BCUT2D eigenvalue weighted by Crippen LogP contribution is 2.31. The number of benzene rings is 3. The summed E-state index contributed by atoms with van der Waals surface area (Å²) in [5, 5.41) is 4.87. The van der Waals surface area contributed by atoms with E-state index in [0.717, 1.165) is 30.0 Å². The van der Waals surface area contributed by atoms with Crippen molar-refractivity contribution in [3.8, 4) is 5.75 Å². The Labute approximate surface area is 189 Å². The second kappa shape index (κ2) is 9.30. The number of fused-ring (bicyclic) bond motifs is 1. The first kappa shape index (κ1) is 22.3. The van der Waals surface area contributed by atoms with Crippen molar-refractivity contribution in [2.45, 2.75) is 44.1 Å². The van der Waals surface area contributed by atoms with Gasteiger partial charge in [-0.1, -0.05) is 36.8 Å². The summed E-state index contributed by atoms with van der Waals surface area (Å²) in [7, 11) is -3.63. The molecular weight excluding hydrogens is 424 g/mol. The largest absolute Gasteiger partial charge is 0.489 e. The van der Waals surface area contributed by atoms with E-state index in [9.17, 15) is 13.2 Å². The Balaban J connectivity index is 1.66. The summed E-state index contributed by atoms with van der Waals surface area (Å²) in [6.45, 7) is 4.80. The second-order valence-corrected chi connectivity index (χ2v) is 10.2. The van der Waals surface area contributed by atoms with Gasteiger partial charge in [-0.2, -0.15) is 4.31 Å². The fourth-order valence-electron chi connectivity index (χ4n) is 3.90. The number of anilines is 1. The average molecular weight is 453 g/mol. The highest BCUT2D eigenvalue weighted by molar-refractivity contribution is 7.89. The van der Waals surface area contributed by atoms with Gasteiger partial charge >= 0.3 is 0 Å². The third-order valence-electron chi connectivity index (χ3n) is 5.53. The van der Waals surface area contributed by atoms with Crippen molar-refractivity contribution in [1.82, 2.24) is 4.31 Å². The molecule has 1 saturated heterocycles. The highest BCUT2D eigenvalue weighted by Gasteiger charge is 2.27. The molecule has 0 spiro atoms. The van der Waals surface area contributed by atoms with E-state index in [1.807, 2.05) is 50.2 Å². The van der Waals surface area contributed by atoms with Crippen LogP contribution < -0.4 is 10.1 Å². The molecule has 0 bridgehead atoms. The summed E-state index contributed by atoms with van der Waals surface area (Å²) in [5.74, 6) is 0.114. The lowest BCUT2D eigenvalue weighted by Gasteiger charge is -2.26. The lowest BCUT2D eigenvalue weighted by atomic mass is 10.1. The summed E-state index contributed by atoms with van der Waals surface area (Å²) < 4.78 is 33.7. The molecule has 1 N–H and O–H groups in total. The predicted molar refractivity (Wildman–Crippen MR) is 127 cm³/mol. The van der Waals surface area contributed by atoms with E-state index >= 15 is 0 Å². The Hall–Kier alpha value is -2.90. The zero-order valence-corrected chi connectivity index (χ0v) is 19.2.